The van der Waals surface area contributed by atoms with Crippen LogP contribution in [-0.2, 0) is 4.79 Å². The summed E-state index contributed by atoms with van der Waals surface area (Å²) < 4.78 is 0. The number of rotatable bonds is 3. The summed E-state index contributed by atoms with van der Waals surface area (Å²) in [6, 6.07) is 14.9. The zero-order valence-corrected chi connectivity index (χ0v) is 11.5. The molecule has 0 saturated heterocycles. The standard InChI is InChI=1S/C16H15N3O2/c1-10(20)17-16-18-13-8-7-12(9-14(13)19-16)15(21)11-5-3-2-4-6-11/h2-9,15,21H,1H3,(H2,17,18,19,20). The number of nitrogens with one attached hydrogen (secondary N) is 2. The molecule has 1 heterocycles. The van der Waals surface area contributed by atoms with E-state index in [2.05, 4.69) is 15.3 Å². The Kier molecular flexibility index (Phi) is 3.41. The number of aliphatic hydroxyl groups excluding tert-OH is 1. The van der Waals surface area contributed by atoms with Crippen molar-refractivity contribution in [1.29, 1.82) is 0 Å². The Bertz CT molecular complexity index is 781. The van der Waals surface area contributed by atoms with Crippen LogP contribution in [0.4, 0.5) is 5.95 Å². The number of aliphatic hydroxyl groups is 1. The quantitative estimate of drug-likeness (QED) is 0.690. The van der Waals surface area contributed by atoms with Gasteiger partial charge in [0.15, 0.2) is 0 Å². The Morgan fingerprint density at radius 2 is 1.95 bits per heavy atom. The molecule has 1 atom stereocenters. The molecule has 3 N–H and O–H groups in total. The minimum atomic E-state index is -0.692. The summed E-state index contributed by atoms with van der Waals surface area (Å²) in [4.78, 5) is 18.3. The molecule has 3 rings (SSSR count). The Hall–Kier alpha value is -2.66. The highest BCUT2D eigenvalue weighted by molar-refractivity contribution is 5.89. The van der Waals surface area contributed by atoms with Crippen molar-refractivity contribution < 1.29 is 9.90 Å². The second-order valence-electron chi connectivity index (χ2n) is 4.86. The maximum atomic E-state index is 11.0. The monoisotopic (exact) mass is 281 g/mol. The average molecular weight is 281 g/mol. The van der Waals surface area contributed by atoms with Crippen molar-refractivity contribution in [2.24, 2.45) is 0 Å². The van der Waals surface area contributed by atoms with E-state index in [0.29, 0.717) is 5.95 Å². The van der Waals surface area contributed by atoms with E-state index in [1.54, 1.807) is 0 Å². The van der Waals surface area contributed by atoms with Gasteiger partial charge in [-0.15, -0.1) is 0 Å². The highest BCUT2D eigenvalue weighted by atomic mass is 16.3. The van der Waals surface area contributed by atoms with Gasteiger partial charge in [-0.25, -0.2) is 4.98 Å². The first-order chi connectivity index (χ1) is 10.1. The van der Waals surface area contributed by atoms with Gasteiger partial charge in [0, 0.05) is 6.92 Å². The predicted octanol–water partition coefficient (Wildman–Crippen LogP) is 2.60. The average Bonchev–Trinajstić information content (AvgIpc) is 2.87. The molecule has 0 bridgehead atoms. The summed E-state index contributed by atoms with van der Waals surface area (Å²) in [6.07, 6.45) is -0.692. The summed E-state index contributed by atoms with van der Waals surface area (Å²) in [5.41, 5.74) is 3.11. The van der Waals surface area contributed by atoms with Crippen LogP contribution in [0.5, 0.6) is 0 Å². The first-order valence-corrected chi connectivity index (χ1v) is 6.64. The molecule has 0 aliphatic rings. The Morgan fingerprint density at radius 1 is 1.19 bits per heavy atom. The molecule has 1 amide bonds. The summed E-state index contributed by atoms with van der Waals surface area (Å²) in [5.74, 6) is 0.224. The SMILES string of the molecule is CC(=O)Nc1nc2ccc(C(O)c3ccccc3)cc2[nH]1. The van der Waals surface area contributed by atoms with Gasteiger partial charge in [0.05, 0.1) is 11.0 Å². The molecule has 0 aliphatic carbocycles. The van der Waals surface area contributed by atoms with Crippen molar-refractivity contribution in [3.8, 4) is 0 Å². The first kappa shape index (κ1) is 13.3. The number of fused-ring (bicyclic) bond motifs is 1. The summed E-state index contributed by atoms with van der Waals surface area (Å²) >= 11 is 0. The molecular weight excluding hydrogens is 266 g/mol. The Labute approximate surface area is 121 Å². The number of hydrogen-bond donors (Lipinski definition) is 3. The molecule has 0 radical (unpaired) electrons. The number of benzene rings is 2. The smallest absolute Gasteiger partial charge is 0.223 e. The number of imidazole rings is 1. The predicted molar refractivity (Wildman–Crippen MR) is 80.9 cm³/mol. The fourth-order valence-electron chi connectivity index (χ4n) is 2.25. The van der Waals surface area contributed by atoms with Crippen molar-refractivity contribution in [3.05, 3.63) is 59.7 Å². The zero-order valence-electron chi connectivity index (χ0n) is 11.5. The number of amides is 1. The van der Waals surface area contributed by atoms with Gasteiger partial charge in [-0.1, -0.05) is 36.4 Å². The van der Waals surface area contributed by atoms with Gasteiger partial charge < -0.3 is 10.1 Å². The first-order valence-electron chi connectivity index (χ1n) is 6.64. The van der Waals surface area contributed by atoms with Crippen LogP contribution in [-0.4, -0.2) is 21.0 Å². The number of aromatic amines is 1. The normalized spacial score (nSPS) is 12.3. The van der Waals surface area contributed by atoms with Crippen molar-refractivity contribution in [2.45, 2.75) is 13.0 Å². The van der Waals surface area contributed by atoms with Crippen LogP contribution in [0.1, 0.15) is 24.2 Å². The lowest BCUT2D eigenvalue weighted by Crippen LogP contribution is -2.06. The maximum absolute atomic E-state index is 11.0. The second kappa shape index (κ2) is 5.38. The van der Waals surface area contributed by atoms with Gasteiger partial charge in [-0.3, -0.25) is 10.1 Å². The third-order valence-corrected chi connectivity index (χ3v) is 3.23. The van der Waals surface area contributed by atoms with Crippen molar-refractivity contribution in [2.75, 3.05) is 5.32 Å². The molecule has 106 valence electrons. The lowest BCUT2D eigenvalue weighted by molar-refractivity contribution is -0.114. The van der Waals surface area contributed by atoms with Gasteiger partial charge in [0.25, 0.3) is 0 Å². The molecule has 5 nitrogen and oxygen atoms in total. The van der Waals surface area contributed by atoms with E-state index < -0.39 is 6.10 Å². The fourth-order valence-corrected chi connectivity index (χ4v) is 2.25. The van der Waals surface area contributed by atoms with Crippen LogP contribution in [0.3, 0.4) is 0 Å². The van der Waals surface area contributed by atoms with Gasteiger partial charge in [0.2, 0.25) is 11.9 Å². The molecule has 2 aromatic carbocycles. The third-order valence-electron chi connectivity index (χ3n) is 3.23. The number of nitrogens with zero attached hydrogens (tertiary/aromatic N) is 1. The van der Waals surface area contributed by atoms with E-state index in [4.69, 9.17) is 0 Å². The number of aromatic nitrogens is 2. The molecule has 0 fully saturated rings. The summed E-state index contributed by atoms with van der Waals surface area (Å²) in [7, 11) is 0. The maximum Gasteiger partial charge on any atom is 0.223 e. The second-order valence-corrected chi connectivity index (χ2v) is 4.86. The van der Waals surface area contributed by atoms with Crippen molar-refractivity contribution in [1.82, 2.24) is 9.97 Å². The molecule has 3 aromatic rings. The van der Waals surface area contributed by atoms with E-state index in [-0.39, 0.29) is 5.91 Å². The topological polar surface area (TPSA) is 78.0 Å². The number of carbonyl (C=O) groups is 1. The molecular formula is C16H15N3O2. The minimum absolute atomic E-state index is 0.182. The summed E-state index contributed by atoms with van der Waals surface area (Å²) in [6.45, 7) is 1.43. The molecule has 0 spiro atoms. The molecule has 1 aromatic heterocycles. The van der Waals surface area contributed by atoms with E-state index in [9.17, 15) is 9.90 Å². The minimum Gasteiger partial charge on any atom is -0.384 e. The third kappa shape index (κ3) is 2.78. The Balaban J connectivity index is 1.95. The number of anilines is 1. The summed E-state index contributed by atoms with van der Waals surface area (Å²) in [5, 5.41) is 13.0. The molecule has 1 unspecified atom stereocenters. The molecule has 5 heteroatoms. The zero-order chi connectivity index (χ0) is 14.8. The Morgan fingerprint density at radius 3 is 2.67 bits per heavy atom. The van der Waals surface area contributed by atoms with Crippen LogP contribution < -0.4 is 5.32 Å². The van der Waals surface area contributed by atoms with Gasteiger partial charge in [-0.05, 0) is 23.3 Å². The number of H-pyrrole nitrogens is 1. The highest BCUT2D eigenvalue weighted by Gasteiger charge is 2.12. The number of hydrogen-bond acceptors (Lipinski definition) is 3. The number of carbonyl (C=O) groups excluding carboxylic acids is 1. The van der Waals surface area contributed by atoms with E-state index in [0.717, 1.165) is 22.2 Å². The molecule has 0 saturated carbocycles. The van der Waals surface area contributed by atoms with Gasteiger partial charge >= 0.3 is 0 Å². The molecule has 21 heavy (non-hydrogen) atoms. The van der Waals surface area contributed by atoms with Crippen LogP contribution >= 0.6 is 0 Å². The van der Waals surface area contributed by atoms with Crippen molar-refractivity contribution in [3.63, 3.8) is 0 Å². The van der Waals surface area contributed by atoms with Gasteiger partial charge in [-0.2, -0.15) is 0 Å². The largest absolute Gasteiger partial charge is 0.384 e. The molecule has 0 aliphatic heterocycles. The van der Waals surface area contributed by atoms with E-state index >= 15 is 0 Å². The lowest BCUT2D eigenvalue weighted by Gasteiger charge is -2.11. The van der Waals surface area contributed by atoms with Crippen LogP contribution in [0, 0.1) is 0 Å². The van der Waals surface area contributed by atoms with Gasteiger partial charge in [0.1, 0.15) is 6.10 Å². The van der Waals surface area contributed by atoms with Crippen LogP contribution in [0.25, 0.3) is 11.0 Å². The fraction of sp³-hybridized carbons (Fsp3) is 0.125. The highest BCUT2D eigenvalue weighted by Crippen LogP contribution is 2.25. The van der Waals surface area contributed by atoms with Crippen LogP contribution in [0.15, 0.2) is 48.5 Å². The lowest BCUT2D eigenvalue weighted by atomic mass is 10.0. The van der Waals surface area contributed by atoms with Crippen molar-refractivity contribution >= 4 is 22.9 Å². The van der Waals surface area contributed by atoms with Crippen LogP contribution in [0.2, 0.25) is 0 Å². The van der Waals surface area contributed by atoms with E-state index in [1.807, 2.05) is 48.5 Å². The van der Waals surface area contributed by atoms with E-state index in [1.165, 1.54) is 6.92 Å².